The van der Waals surface area contributed by atoms with Crippen LogP contribution in [0.4, 0.5) is 0 Å². The maximum absolute atomic E-state index is 5.88. The first-order valence-electron chi connectivity index (χ1n) is 7.00. The summed E-state index contributed by atoms with van der Waals surface area (Å²) in [6.07, 6.45) is 2.64. The number of rotatable bonds is 6. The number of benzene rings is 2. The molecular formula is C17H18BrNO. The number of nitrogens with one attached hydrogen (secondary N) is 1. The summed E-state index contributed by atoms with van der Waals surface area (Å²) in [5.74, 6) is 0.927. The Hall–Kier alpha value is -1.32. The van der Waals surface area contributed by atoms with E-state index >= 15 is 0 Å². The van der Waals surface area contributed by atoms with Crippen LogP contribution in [0.25, 0.3) is 0 Å². The van der Waals surface area contributed by atoms with E-state index in [-0.39, 0.29) is 0 Å². The quantitative estimate of drug-likeness (QED) is 0.852. The van der Waals surface area contributed by atoms with Crippen molar-refractivity contribution in [1.82, 2.24) is 5.32 Å². The topological polar surface area (TPSA) is 21.3 Å². The lowest BCUT2D eigenvalue weighted by Gasteiger charge is -2.10. The third-order valence-electron chi connectivity index (χ3n) is 3.42. The zero-order valence-electron chi connectivity index (χ0n) is 11.3. The van der Waals surface area contributed by atoms with Crippen molar-refractivity contribution in [1.29, 1.82) is 0 Å². The van der Waals surface area contributed by atoms with Crippen LogP contribution in [-0.2, 0) is 13.2 Å². The van der Waals surface area contributed by atoms with E-state index in [2.05, 4.69) is 45.5 Å². The SMILES string of the molecule is Brc1ccccc1COc1cccc(CNC2CC2)c1. The Morgan fingerprint density at radius 3 is 2.75 bits per heavy atom. The van der Waals surface area contributed by atoms with E-state index in [9.17, 15) is 0 Å². The van der Waals surface area contributed by atoms with E-state index in [1.54, 1.807) is 0 Å². The van der Waals surface area contributed by atoms with Crippen LogP contribution in [0.3, 0.4) is 0 Å². The van der Waals surface area contributed by atoms with Gasteiger partial charge in [-0.3, -0.25) is 0 Å². The molecular weight excluding hydrogens is 314 g/mol. The van der Waals surface area contributed by atoms with E-state index in [4.69, 9.17) is 4.74 Å². The predicted molar refractivity (Wildman–Crippen MR) is 84.8 cm³/mol. The van der Waals surface area contributed by atoms with E-state index in [0.717, 1.165) is 28.4 Å². The van der Waals surface area contributed by atoms with Crippen molar-refractivity contribution in [3.63, 3.8) is 0 Å². The first-order chi connectivity index (χ1) is 9.81. The zero-order chi connectivity index (χ0) is 13.8. The van der Waals surface area contributed by atoms with Crippen LogP contribution in [0.15, 0.2) is 53.0 Å². The summed E-state index contributed by atoms with van der Waals surface area (Å²) in [6.45, 7) is 1.51. The smallest absolute Gasteiger partial charge is 0.120 e. The van der Waals surface area contributed by atoms with Gasteiger partial charge in [0.15, 0.2) is 0 Å². The molecule has 104 valence electrons. The monoisotopic (exact) mass is 331 g/mol. The highest BCUT2D eigenvalue weighted by molar-refractivity contribution is 9.10. The Morgan fingerprint density at radius 2 is 1.95 bits per heavy atom. The summed E-state index contributed by atoms with van der Waals surface area (Å²) >= 11 is 3.54. The van der Waals surface area contributed by atoms with Gasteiger partial charge in [-0.2, -0.15) is 0 Å². The van der Waals surface area contributed by atoms with Gasteiger partial charge in [0, 0.05) is 22.6 Å². The Morgan fingerprint density at radius 1 is 1.10 bits per heavy atom. The second-order valence-corrected chi connectivity index (χ2v) is 6.04. The number of hydrogen-bond donors (Lipinski definition) is 1. The maximum Gasteiger partial charge on any atom is 0.120 e. The highest BCUT2D eigenvalue weighted by Gasteiger charge is 2.19. The van der Waals surface area contributed by atoms with Crippen molar-refractivity contribution in [3.05, 3.63) is 64.1 Å². The fraction of sp³-hybridized carbons (Fsp3) is 0.294. The van der Waals surface area contributed by atoms with Crippen LogP contribution in [0.2, 0.25) is 0 Å². The van der Waals surface area contributed by atoms with Crippen LogP contribution in [0, 0.1) is 0 Å². The summed E-state index contributed by atoms with van der Waals surface area (Å²) in [5, 5.41) is 3.52. The summed E-state index contributed by atoms with van der Waals surface area (Å²) in [7, 11) is 0. The van der Waals surface area contributed by atoms with Crippen molar-refractivity contribution in [2.24, 2.45) is 0 Å². The van der Waals surface area contributed by atoms with Crippen LogP contribution in [0.1, 0.15) is 24.0 Å². The van der Waals surface area contributed by atoms with Crippen molar-refractivity contribution >= 4 is 15.9 Å². The first kappa shape index (κ1) is 13.7. The lowest BCUT2D eigenvalue weighted by Crippen LogP contribution is -2.15. The number of hydrogen-bond acceptors (Lipinski definition) is 2. The van der Waals surface area contributed by atoms with Crippen molar-refractivity contribution in [2.45, 2.75) is 32.0 Å². The molecule has 0 radical (unpaired) electrons. The van der Waals surface area contributed by atoms with E-state index in [0.29, 0.717) is 6.61 Å². The van der Waals surface area contributed by atoms with E-state index in [1.807, 2.05) is 24.3 Å². The molecule has 0 aromatic heterocycles. The van der Waals surface area contributed by atoms with Crippen molar-refractivity contribution in [2.75, 3.05) is 0 Å². The van der Waals surface area contributed by atoms with Crippen LogP contribution in [0.5, 0.6) is 5.75 Å². The summed E-state index contributed by atoms with van der Waals surface area (Å²) < 4.78 is 6.97. The standard InChI is InChI=1S/C17H18BrNO/c18-17-7-2-1-5-14(17)12-20-16-6-3-4-13(10-16)11-19-15-8-9-15/h1-7,10,15,19H,8-9,11-12H2. The Labute approximate surface area is 128 Å². The van der Waals surface area contributed by atoms with Gasteiger partial charge in [-0.05, 0) is 36.6 Å². The van der Waals surface area contributed by atoms with Gasteiger partial charge in [0.25, 0.3) is 0 Å². The molecule has 0 spiro atoms. The molecule has 0 unspecified atom stereocenters. The van der Waals surface area contributed by atoms with Gasteiger partial charge in [0.2, 0.25) is 0 Å². The summed E-state index contributed by atoms with van der Waals surface area (Å²) in [4.78, 5) is 0. The molecule has 0 heterocycles. The van der Waals surface area contributed by atoms with Crippen molar-refractivity contribution < 1.29 is 4.74 Å². The largest absolute Gasteiger partial charge is 0.489 e. The average molecular weight is 332 g/mol. The highest BCUT2D eigenvalue weighted by atomic mass is 79.9. The molecule has 0 amide bonds. The minimum absolute atomic E-state index is 0.584. The average Bonchev–Trinajstić information content (AvgIpc) is 3.29. The van der Waals surface area contributed by atoms with Gasteiger partial charge in [-0.1, -0.05) is 46.3 Å². The number of halogens is 1. The van der Waals surface area contributed by atoms with Gasteiger partial charge >= 0.3 is 0 Å². The minimum atomic E-state index is 0.584. The fourth-order valence-electron chi connectivity index (χ4n) is 2.07. The van der Waals surface area contributed by atoms with Crippen LogP contribution >= 0.6 is 15.9 Å². The first-order valence-corrected chi connectivity index (χ1v) is 7.79. The molecule has 20 heavy (non-hydrogen) atoms. The zero-order valence-corrected chi connectivity index (χ0v) is 12.9. The molecule has 1 aliphatic rings. The van der Waals surface area contributed by atoms with Gasteiger partial charge in [-0.25, -0.2) is 0 Å². The summed E-state index contributed by atoms with van der Waals surface area (Å²) in [6, 6.07) is 17.2. The van der Waals surface area contributed by atoms with Crippen molar-refractivity contribution in [3.8, 4) is 5.75 Å². The van der Waals surface area contributed by atoms with Gasteiger partial charge in [0.05, 0.1) is 0 Å². The lowest BCUT2D eigenvalue weighted by molar-refractivity contribution is 0.305. The molecule has 3 rings (SSSR count). The summed E-state index contributed by atoms with van der Waals surface area (Å²) in [5.41, 5.74) is 2.44. The molecule has 2 aromatic rings. The Kier molecular flexibility index (Phi) is 4.38. The third kappa shape index (κ3) is 3.84. The Balaban J connectivity index is 1.59. The van der Waals surface area contributed by atoms with Crippen LogP contribution in [-0.4, -0.2) is 6.04 Å². The van der Waals surface area contributed by atoms with Crippen LogP contribution < -0.4 is 10.1 Å². The molecule has 3 heteroatoms. The molecule has 1 aliphatic carbocycles. The minimum Gasteiger partial charge on any atom is -0.489 e. The molecule has 0 atom stereocenters. The van der Waals surface area contributed by atoms with Gasteiger partial charge in [0.1, 0.15) is 12.4 Å². The van der Waals surface area contributed by atoms with Gasteiger partial charge in [-0.15, -0.1) is 0 Å². The predicted octanol–water partition coefficient (Wildman–Crippen LogP) is 4.28. The second-order valence-electron chi connectivity index (χ2n) is 5.18. The maximum atomic E-state index is 5.88. The van der Waals surface area contributed by atoms with E-state index in [1.165, 1.54) is 18.4 Å². The third-order valence-corrected chi connectivity index (χ3v) is 4.20. The number of ether oxygens (including phenoxy) is 1. The molecule has 0 saturated heterocycles. The normalized spacial score (nSPS) is 14.2. The van der Waals surface area contributed by atoms with Gasteiger partial charge < -0.3 is 10.1 Å². The molecule has 2 aromatic carbocycles. The molecule has 0 aliphatic heterocycles. The molecule has 1 saturated carbocycles. The molecule has 1 fully saturated rings. The molecule has 1 N–H and O–H groups in total. The lowest BCUT2D eigenvalue weighted by atomic mass is 10.2. The Bertz CT molecular complexity index is 581. The fourth-order valence-corrected chi connectivity index (χ4v) is 2.47. The molecule has 0 bridgehead atoms. The highest BCUT2D eigenvalue weighted by Crippen LogP contribution is 2.22. The second kappa shape index (κ2) is 6.42. The van der Waals surface area contributed by atoms with E-state index < -0.39 is 0 Å². The molecule has 2 nitrogen and oxygen atoms in total.